The van der Waals surface area contributed by atoms with Gasteiger partial charge in [0.2, 0.25) is 5.82 Å². The second-order valence-electron chi connectivity index (χ2n) is 9.27. The van der Waals surface area contributed by atoms with Crippen molar-refractivity contribution >= 4 is 83.1 Å². The highest BCUT2D eigenvalue weighted by Crippen LogP contribution is 2.34. The van der Waals surface area contributed by atoms with Gasteiger partial charge < -0.3 is 14.5 Å². The largest absolute Gasteiger partial charge is 0.481 e. The average molecular weight is 725 g/mol. The van der Waals surface area contributed by atoms with Crippen LogP contribution in [0.2, 0.25) is 5.02 Å². The molecule has 0 atom stereocenters. The van der Waals surface area contributed by atoms with Crippen LogP contribution in [0.4, 0.5) is 10.1 Å². The molecule has 6 aromatic rings. The summed E-state index contributed by atoms with van der Waals surface area (Å²) in [6.07, 6.45) is 1.46. The molecule has 0 saturated heterocycles. The Balaban J connectivity index is 1.30. The Morgan fingerprint density at radius 2 is 1.91 bits per heavy atom. The number of hydrogen-bond donors (Lipinski definition) is 1. The molecule has 4 aromatic carbocycles. The summed E-state index contributed by atoms with van der Waals surface area (Å²) in [5.74, 6) is -0.143. The van der Waals surface area contributed by atoms with E-state index in [1.54, 1.807) is 48.5 Å². The van der Waals surface area contributed by atoms with Gasteiger partial charge in [0.25, 0.3) is 11.5 Å². The summed E-state index contributed by atoms with van der Waals surface area (Å²) in [5, 5.41) is 8.44. The fourth-order valence-electron chi connectivity index (χ4n) is 4.33. The molecule has 0 aliphatic heterocycles. The molecule has 214 valence electrons. The highest BCUT2D eigenvalue weighted by atomic mass is 79.9. The first-order valence-electron chi connectivity index (χ1n) is 12.7. The number of furan rings is 1. The van der Waals surface area contributed by atoms with E-state index in [9.17, 15) is 14.0 Å². The third kappa shape index (κ3) is 6.24. The Kier molecular flexibility index (Phi) is 8.11. The van der Waals surface area contributed by atoms with Crippen molar-refractivity contribution in [3.8, 4) is 17.3 Å². The minimum Gasteiger partial charge on any atom is -0.481 e. The molecule has 0 saturated carbocycles. The van der Waals surface area contributed by atoms with Gasteiger partial charge in [-0.1, -0.05) is 45.7 Å². The first kappa shape index (κ1) is 28.8. The summed E-state index contributed by atoms with van der Waals surface area (Å²) in [7, 11) is 0. The minimum atomic E-state index is -0.493. The predicted octanol–water partition coefficient (Wildman–Crippen LogP) is 8.03. The van der Waals surface area contributed by atoms with Crippen LogP contribution >= 0.6 is 43.5 Å². The van der Waals surface area contributed by atoms with Crippen molar-refractivity contribution in [2.45, 2.75) is 0 Å². The van der Waals surface area contributed by atoms with Gasteiger partial charge in [-0.15, -0.1) is 0 Å². The quantitative estimate of drug-likeness (QED) is 0.168. The van der Waals surface area contributed by atoms with Gasteiger partial charge in [0.05, 0.1) is 26.6 Å². The molecule has 0 fully saturated rings. The standard InChI is InChI=1S/C31H18Br2ClFN4O4/c32-19-8-9-26-18(12-19)13-27(43-26)30-38-25-7-2-1-6-22(25)31(41)39(30)36-15-17-10-23(33)29(24(34)11-17)42-16-28(40)37-21-5-3-4-20(35)14-21/h1-15H,16H2,(H,37,40). The van der Waals surface area contributed by atoms with E-state index in [-0.39, 0.29) is 28.8 Å². The second kappa shape index (κ2) is 12.1. The number of fused-ring (bicyclic) bond motifs is 2. The van der Waals surface area contributed by atoms with Crippen LogP contribution in [0.3, 0.4) is 0 Å². The van der Waals surface area contributed by atoms with Gasteiger partial charge in [-0.25, -0.2) is 9.37 Å². The smallest absolute Gasteiger partial charge is 0.282 e. The lowest BCUT2D eigenvalue weighted by atomic mass is 10.2. The van der Waals surface area contributed by atoms with Crippen LogP contribution < -0.4 is 15.6 Å². The van der Waals surface area contributed by atoms with E-state index < -0.39 is 11.7 Å². The number of ether oxygens (including phenoxy) is 1. The maximum absolute atomic E-state index is 13.5. The zero-order chi connectivity index (χ0) is 30.1. The Morgan fingerprint density at radius 1 is 1.07 bits per heavy atom. The van der Waals surface area contributed by atoms with Crippen molar-refractivity contribution in [2.24, 2.45) is 5.10 Å². The molecule has 12 heteroatoms. The Morgan fingerprint density at radius 3 is 2.72 bits per heavy atom. The number of amides is 1. The lowest BCUT2D eigenvalue weighted by Gasteiger charge is -2.11. The predicted molar refractivity (Wildman–Crippen MR) is 172 cm³/mol. The van der Waals surface area contributed by atoms with E-state index in [1.165, 1.54) is 29.1 Å². The number of nitrogens with one attached hydrogen (secondary N) is 1. The first-order chi connectivity index (χ1) is 20.7. The summed E-state index contributed by atoms with van der Waals surface area (Å²) in [5.41, 5.74) is 1.59. The molecule has 8 nitrogen and oxygen atoms in total. The molecule has 0 aliphatic carbocycles. The van der Waals surface area contributed by atoms with Crippen LogP contribution in [-0.4, -0.2) is 28.4 Å². The Hall–Kier alpha value is -4.32. The number of para-hydroxylation sites is 1. The minimum absolute atomic E-state index is 0.196. The van der Waals surface area contributed by atoms with E-state index in [0.29, 0.717) is 38.0 Å². The molecular formula is C31H18Br2ClFN4O4. The molecule has 1 amide bonds. The number of benzene rings is 4. The van der Waals surface area contributed by atoms with Gasteiger partial charge in [0, 0.05) is 15.5 Å². The van der Waals surface area contributed by atoms with E-state index in [1.807, 2.05) is 18.2 Å². The maximum Gasteiger partial charge on any atom is 0.282 e. The molecule has 0 bridgehead atoms. The molecular weight excluding hydrogens is 707 g/mol. The molecule has 0 aliphatic rings. The number of halogens is 4. The van der Waals surface area contributed by atoms with Crippen LogP contribution in [0.5, 0.6) is 5.75 Å². The number of carbonyl (C=O) groups is 1. The van der Waals surface area contributed by atoms with Gasteiger partial charge in [-0.3, -0.25) is 9.59 Å². The lowest BCUT2D eigenvalue weighted by Crippen LogP contribution is -2.20. The lowest BCUT2D eigenvalue weighted by molar-refractivity contribution is -0.118. The zero-order valence-electron chi connectivity index (χ0n) is 21.9. The summed E-state index contributed by atoms with van der Waals surface area (Å²) in [6, 6.07) is 23.2. The highest BCUT2D eigenvalue weighted by molar-refractivity contribution is 9.10. The summed E-state index contributed by atoms with van der Waals surface area (Å²) in [4.78, 5) is 30.5. The first-order valence-corrected chi connectivity index (χ1v) is 14.6. The van der Waals surface area contributed by atoms with Crippen molar-refractivity contribution in [1.29, 1.82) is 0 Å². The Bertz CT molecular complexity index is 2110. The van der Waals surface area contributed by atoms with Gasteiger partial charge in [-0.2, -0.15) is 9.78 Å². The normalized spacial score (nSPS) is 11.4. The van der Waals surface area contributed by atoms with Crippen LogP contribution in [-0.2, 0) is 4.79 Å². The fourth-order valence-corrected chi connectivity index (χ4v) is 5.70. The van der Waals surface area contributed by atoms with Crippen LogP contribution in [0.1, 0.15) is 5.56 Å². The summed E-state index contributed by atoms with van der Waals surface area (Å²) in [6.45, 7) is -0.363. The second-order valence-corrected chi connectivity index (χ2v) is 11.4. The van der Waals surface area contributed by atoms with E-state index in [2.05, 4.69) is 42.3 Å². The molecule has 6 rings (SSSR count). The SMILES string of the molecule is O=C(COc1c(Cl)cc(C=Nn2c(-c3cc4cc(Br)ccc4o3)nc3ccccc3c2=O)cc1Br)Nc1cccc(F)c1. The van der Waals surface area contributed by atoms with Crippen LogP contribution in [0.25, 0.3) is 33.5 Å². The van der Waals surface area contributed by atoms with Crippen molar-refractivity contribution in [2.75, 3.05) is 11.9 Å². The van der Waals surface area contributed by atoms with Crippen LogP contribution in [0.15, 0.2) is 108 Å². The molecule has 0 unspecified atom stereocenters. The fraction of sp³-hybridized carbons (Fsp3) is 0.0323. The van der Waals surface area contributed by atoms with Crippen molar-refractivity contribution in [1.82, 2.24) is 9.66 Å². The van der Waals surface area contributed by atoms with Gasteiger partial charge in [0.1, 0.15) is 11.4 Å². The molecule has 2 aromatic heterocycles. The number of hydrogen-bond acceptors (Lipinski definition) is 6. The van der Waals surface area contributed by atoms with Crippen LogP contribution in [0, 0.1) is 5.82 Å². The van der Waals surface area contributed by atoms with Crippen molar-refractivity contribution < 1.29 is 18.3 Å². The number of aromatic nitrogens is 2. The van der Waals surface area contributed by atoms with E-state index in [0.717, 1.165) is 9.86 Å². The van der Waals surface area contributed by atoms with Gasteiger partial charge in [0.15, 0.2) is 18.1 Å². The third-order valence-corrected chi connectivity index (χ3v) is 7.61. The zero-order valence-corrected chi connectivity index (χ0v) is 25.8. The summed E-state index contributed by atoms with van der Waals surface area (Å²) < 4.78 is 27.6. The molecule has 43 heavy (non-hydrogen) atoms. The third-order valence-electron chi connectivity index (χ3n) is 6.25. The van der Waals surface area contributed by atoms with E-state index in [4.69, 9.17) is 25.7 Å². The summed E-state index contributed by atoms with van der Waals surface area (Å²) >= 11 is 13.4. The molecule has 0 spiro atoms. The maximum atomic E-state index is 13.5. The van der Waals surface area contributed by atoms with Crippen molar-refractivity contribution in [3.63, 3.8) is 0 Å². The topological polar surface area (TPSA) is 98.7 Å². The molecule has 1 N–H and O–H groups in total. The monoisotopic (exact) mass is 722 g/mol. The number of nitrogens with zero attached hydrogens (tertiary/aromatic N) is 3. The average Bonchev–Trinajstić information content (AvgIpc) is 3.39. The van der Waals surface area contributed by atoms with Crippen molar-refractivity contribution in [3.05, 3.63) is 121 Å². The molecule has 2 heterocycles. The number of rotatable bonds is 7. The number of carbonyl (C=O) groups excluding carboxylic acids is 1. The molecule has 0 radical (unpaired) electrons. The van der Waals surface area contributed by atoms with Gasteiger partial charge in [-0.05, 0) is 88.2 Å². The van der Waals surface area contributed by atoms with E-state index >= 15 is 0 Å². The highest BCUT2D eigenvalue weighted by Gasteiger charge is 2.17. The number of anilines is 1. The van der Waals surface area contributed by atoms with Gasteiger partial charge >= 0.3 is 0 Å². The Labute approximate surface area is 265 Å².